The van der Waals surface area contributed by atoms with Crippen molar-refractivity contribution >= 4 is 27.5 Å². The van der Waals surface area contributed by atoms with Gasteiger partial charge in [-0.05, 0) is 74.1 Å². The average molecular weight is 544 g/mol. The van der Waals surface area contributed by atoms with Gasteiger partial charge < -0.3 is 15.0 Å². The molecule has 2 aromatic carbocycles. The van der Waals surface area contributed by atoms with Gasteiger partial charge in [0, 0.05) is 12.6 Å². The maximum Gasteiger partial charge on any atom is 0.244 e. The summed E-state index contributed by atoms with van der Waals surface area (Å²) in [5.74, 6) is -0.00129. The lowest BCUT2D eigenvalue weighted by Crippen LogP contribution is -2.53. The maximum atomic E-state index is 13.9. The number of sulfonamides is 1. The Hall–Kier alpha value is -3.07. The van der Waals surface area contributed by atoms with Gasteiger partial charge in [0.1, 0.15) is 18.3 Å². The van der Waals surface area contributed by atoms with Gasteiger partial charge in [0.15, 0.2) is 0 Å². The highest BCUT2D eigenvalue weighted by atomic mass is 32.2. The summed E-state index contributed by atoms with van der Waals surface area (Å²) in [5, 5.41) is 3.15. The van der Waals surface area contributed by atoms with Crippen LogP contribution in [-0.2, 0) is 26.2 Å². The molecule has 1 unspecified atom stereocenters. The fourth-order valence-corrected chi connectivity index (χ4v) is 5.97. The fourth-order valence-electron chi connectivity index (χ4n) is 5.14. The van der Waals surface area contributed by atoms with Crippen molar-refractivity contribution < 1.29 is 22.7 Å². The number of anilines is 1. The van der Waals surface area contributed by atoms with Gasteiger partial charge in [0.05, 0.1) is 19.1 Å². The summed E-state index contributed by atoms with van der Waals surface area (Å²) in [6.45, 7) is 5.39. The zero-order valence-corrected chi connectivity index (χ0v) is 24.0. The summed E-state index contributed by atoms with van der Waals surface area (Å²) in [6, 6.07) is 12.1. The first kappa shape index (κ1) is 29.5. The molecule has 0 bridgehead atoms. The van der Waals surface area contributed by atoms with Crippen LogP contribution in [0.25, 0.3) is 0 Å². The Bertz CT molecular complexity index is 1200. The SMILES string of the molecule is CCC(C(=O)NC1CCCCC1)N(Cc1cccc(OC)c1)C(=O)CN(c1cc(C)cc(C)c1)S(C)(=O)=O. The van der Waals surface area contributed by atoms with Crippen molar-refractivity contribution in [2.45, 2.75) is 77.9 Å². The molecule has 1 aliphatic carbocycles. The van der Waals surface area contributed by atoms with E-state index in [0.29, 0.717) is 17.9 Å². The van der Waals surface area contributed by atoms with E-state index in [1.807, 2.05) is 51.1 Å². The highest BCUT2D eigenvalue weighted by Crippen LogP contribution is 2.24. The minimum absolute atomic E-state index is 0.0989. The summed E-state index contributed by atoms with van der Waals surface area (Å²) in [6.07, 6.45) is 6.68. The second-order valence-corrected chi connectivity index (χ2v) is 12.2. The third-order valence-electron chi connectivity index (χ3n) is 7.00. The number of nitrogens with one attached hydrogen (secondary N) is 1. The van der Waals surface area contributed by atoms with E-state index < -0.39 is 28.5 Å². The third-order valence-corrected chi connectivity index (χ3v) is 8.14. The molecule has 3 rings (SSSR count). The van der Waals surface area contributed by atoms with E-state index in [4.69, 9.17) is 4.74 Å². The molecule has 8 nitrogen and oxygen atoms in total. The number of hydrogen-bond acceptors (Lipinski definition) is 5. The zero-order valence-electron chi connectivity index (χ0n) is 23.2. The molecule has 2 amide bonds. The van der Waals surface area contributed by atoms with Crippen LogP contribution in [0.4, 0.5) is 5.69 Å². The first-order valence-corrected chi connectivity index (χ1v) is 15.2. The molecule has 38 heavy (non-hydrogen) atoms. The fraction of sp³-hybridized carbons (Fsp3) is 0.517. The number of benzene rings is 2. The minimum atomic E-state index is -3.77. The average Bonchev–Trinajstić information content (AvgIpc) is 2.86. The minimum Gasteiger partial charge on any atom is -0.497 e. The largest absolute Gasteiger partial charge is 0.497 e. The number of amides is 2. The molecule has 1 saturated carbocycles. The van der Waals surface area contributed by atoms with Gasteiger partial charge in [-0.2, -0.15) is 0 Å². The Morgan fingerprint density at radius 1 is 1.05 bits per heavy atom. The standard InChI is InChI=1S/C29H41N3O5S/c1-6-27(29(34)30-24-12-8-7-9-13-24)31(19-23-11-10-14-26(18-23)37-4)28(33)20-32(38(5,35)36)25-16-21(2)15-22(3)17-25/h10-11,14-18,24,27H,6-9,12-13,19-20H2,1-5H3,(H,30,34). The van der Waals surface area contributed by atoms with E-state index in [9.17, 15) is 18.0 Å². The predicted octanol–water partition coefficient (Wildman–Crippen LogP) is 4.33. The van der Waals surface area contributed by atoms with E-state index in [1.54, 1.807) is 19.2 Å². The molecule has 9 heteroatoms. The molecule has 2 aromatic rings. The Morgan fingerprint density at radius 3 is 2.29 bits per heavy atom. The second kappa shape index (κ2) is 13.1. The molecule has 0 aliphatic heterocycles. The van der Waals surface area contributed by atoms with Crippen LogP contribution in [0.15, 0.2) is 42.5 Å². The molecule has 208 valence electrons. The summed E-state index contributed by atoms with van der Waals surface area (Å²) in [5.41, 5.74) is 3.01. The topological polar surface area (TPSA) is 96.0 Å². The molecule has 0 saturated heterocycles. The van der Waals surface area contributed by atoms with E-state index in [2.05, 4.69) is 5.32 Å². The number of methoxy groups -OCH3 is 1. The predicted molar refractivity (Wildman–Crippen MR) is 151 cm³/mol. The lowest BCUT2D eigenvalue weighted by molar-refractivity contribution is -0.140. The summed E-state index contributed by atoms with van der Waals surface area (Å²) in [7, 11) is -2.20. The number of nitrogens with zero attached hydrogens (tertiary/aromatic N) is 2. The van der Waals surface area contributed by atoms with Crippen LogP contribution in [0.1, 0.15) is 62.1 Å². The van der Waals surface area contributed by atoms with Gasteiger partial charge in [-0.3, -0.25) is 13.9 Å². The van der Waals surface area contributed by atoms with Crippen LogP contribution in [0.5, 0.6) is 5.75 Å². The van der Waals surface area contributed by atoms with Gasteiger partial charge in [-0.25, -0.2) is 8.42 Å². The van der Waals surface area contributed by atoms with E-state index >= 15 is 0 Å². The molecular weight excluding hydrogens is 502 g/mol. The van der Waals surface area contributed by atoms with Gasteiger partial charge in [-0.1, -0.05) is 44.4 Å². The van der Waals surface area contributed by atoms with Crippen LogP contribution in [-0.4, -0.2) is 57.1 Å². The van der Waals surface area contributed by atoms with Gasteiger partial charge in [0.25, 0.3) is 0 Å². The number of carbonyl (C=O) groups is 2. The molecule has 1 atom stereocenters. The smallest absolute Gasteiger partial charge is 0.244 e. The molecule has 1 N–H and O–H groups in total. The zero-order chi connectivity index (χ0) is 27.9. The number of ether oxygens (including phenoxy) is 1. The van der Waals surface area contributed by atoms with E-state index in [1.165, 1.54) is 11.3 Å². The monoisotopic (exact) mass is 543 g/mol. The number of rotatable bonds is 11. The van der Waals surface area contributed by atoms with Crippen LogP contribution in [0.3, 0.4) is 0 Å². The normalized spacial score (nSPS) is 15.0. The first-order chi connectivity index (χ1) is 18.0. The van der Waals surface area contributed by atoms with Crippen molar-refractivity contribution in [2.24, 2.45) is 0 Å². The van der Waals surface area contributed by atoms with Crippen LogP contribution in [0.2, 0.25) is 0 Å². The molecule has 1 aliphatic rings. The van der Waals surface area contributed by atoms with Crippen molar-refractivity contribution in [3.8, 4) is 5.75 Å². The second-order valence-electron chi connectivity index (χ2n) is 10.3. The Morgan fingerprint density at radius 2 is 1.71 bits per heavy atom. The quantitative estimate of drug-likeness (QED) is 0.455. The molecular formula is C29H41N3O5S. The van der Waals surface area contributed by atoms with Crippen molar-refractivity contribution in [1.82, 2.24) is 10.2 Å². The van der Waals surface area contributed by atoms with Gasteiger partial charge in [0.2, 0.25) is 21.8 Å². The van der Waals surface area contributed by atoms with Crippen molar-refractivity contribution in [3.63, 3.8) is 0 Å². The summed E-state index contributed by atoms with van der Waals surface area (Å²) < 4.78 is 32.2. The third kappa shape index (κ3) is 7.96. The highest BCUT2D eigenvalue weighted by Gasteiger charge is 2.33. The Kier molecular flexibility index (Phi) is 10.2. The molecule has 0 radical (unpaired) electrons. The van der Waals surface area contributed by atoms with Crippen LogP contribution < -0.4 is 14.4 Å². The number of carbonyl (C=O) groups excluding carboxylic acids is 2. The van der Waals surface area contributed by atoms with E-state index in [-0.39, 0.29) is 18.5 Å². The molecule has 0 spiro atoms. The van der Waals surface area contributed by atoms with Crippen molar-refractivity contribution in [1.29, 1.82) is 0 Å². The number of hydrogen-bond donors (Lipinski definition) is 1. The Labute approximate surface area is 227 Å². The maximum absolute atomic E-state index is 13.9. The molecule has 0 heterocycles. The summed E-state index contributed by atoms with van der Waals surface area (Å²) >= 11 is 0. The van der Waals surface area contributed by atoms with Gasteiger partial charge in [-0.15, -0.1) is 0 Å². The van der Waals surface area contributed by atoms with Crippen LogP contribution >= 0.6 is 0 Å². The first-order valence-electron chi connectivity index (χ1n) is 13.3. The Balaban J connectivity index is 1.95. The summed E-state index contributed by atoms with van der Waals surface area (Å²) in [4.78, 5) is 28.9. The van der Waals surface area contributed by atoms with Gasteiger partial charge >= 0.3 is 0 Å². The molecule has 1 fully saturated rings. The van der Waals surface area contributed by atoms with Crippen LogP contribution in [0, 0.1) is 13.8 Å². The highest BCUT2D eigenvalue weighted by molar-refractivity contribution is 7.92. The van der Waals surface area contributed by atoms with Crippen molar-refractivity contribution in [3.05, 3.63) is 59.2 Å². The lowest BCUT2D eigenvalue weighted by Gasteiger charge is -2.34. The molecule has 0 aromatic heterocycles. The van der Waals surface area contributed by atoms with E-state index in [0.717, 1.165) is 52.9 Å². The lowest BCUT2D eigenvalue weighted by atomic mass is 9.95. The number of aryl methyl sites for hydroxylation is 2. The van der Waals surface area contributed by atoms with Crippen molar-refractivity contribution in [2.75, 3.05) is 24.2 Å².